The number of hydrogen-bond acceptors (Lipinski definition) is 3. The Kier molecular flexibility index (Phi) is 6.93. The van der Waals surface area contributed by atoms with Crippen molar-refractivity contribution in [3.8, 4) is 5.75 Å². The van der Waals surface area contributed by atoms with Crippen LogP contribution in [0.3, 0.4) is 0 Å². The zero-order valence-electron chi connectivity index (χ0n) is 12.6. The average molecular weight is 382 g/mol. The smallest absolute Gasteiger partial charge is 0.223 e. The molecular formula is C17H20BrNO2S. The van der Waals surface area contributed by atoms with Crippen molar-refractivity contribution in [1.29, 1.82) is 0 Å². The van der Waals surface area contributed by atoms with Gasteiger partial charge in [0.15, 0.2) is 0 Å². The van der Waals surface area contributed by atoms with Crippen molar-refractivity contribution < 1.29 is 9.53 Å². The van der Waals surface area contributed by atoms with Crippen LogP contribution in [0.1, 0.15) is 24.6 Å². The van der Waals surface area contributed by atoms with Crippen LogP contribution in [-0.4, -0.2) is 24.0 Å². The molecule has 5 heteroatoms. The van der Waals surface area contributed by atoms with Crippen LogP contribution in [0, 0.1) is 0 Å². The maximum Gasteiger partial charge on any atom is 0.223 e. The van der Waals surface area contributed by atoms with E-state index in [0.29, 0.717) is 19.6 Å². The minimum absolute atomic E-state index is 0.187. The molecule has 2 rings (SSSR count). The third kappa shape index (κ3) is 5.14. The van der Waals surface area contributed by atoms with Crippen LogP contribution in [0.4, 0.5) is 0 Å². The molecule has 0 fully saturated rings. The van der Waals surface area contributed by atoms with Gasteiger partial charge in [0.05, 0.1) is 17.6 Å². The fourth-order valence-corrected chi connectivity index (χ4v) is 3.21. The zero-order valence-corrected chi connectivity index (χ0v) is 15.0. The molecule has 2 aromatic rings. The molecule has 118 valence electrons. The van der Waals surface area contributed by atoms with E-state index in [4.69, 9.17) is 4.74 Å². The summed E-state index contributed by atoms with van der Waals surface area (Å²) in [6, 6.07) is 11.8. The number of thiophene rings is 1. The van der Waals surface area contributed by atoms with Gasteiger partial charge in [-0.2, -0.15) is 0 Å². The van der Waals surface area contributed by atoms with Gasteiger partial charge in [0.2, 0.25) is 5.91 Å². The summed E-state index contributed by atoms with van der Waals surface area (Å²) in [7, 11) is 0. The quantitative estimate of drug-likeness (QED) is 0.619. The minimum atomic E-state index is 0.187. The first-order valence-corrected chi connectivity index (χ1v) is 9.05. The molecule has 0 spiro atoms. The monoisotopic (exact) mass is 381 g/mol. The Morgan fingerprint density at radius 1 is 1.27 bits per heavy atom. The van der Waals surface area contributed by atoms with E-state index in [0.717, 1.165) is 23.2 Å². The topological polar surface area (TPSA) is 29.5 Å². The molecule has 0 radical (unpaired) electrons. The average Bonchev–Trinajstić information content (AvgIpc) is 3.03. The molecule has 1 aromatic carbocycles. The lowest BCUT2D eigenvalue weighted by atomic mass is 10.2. The normalized spacial score (nSPS) is 10.5. The summed E-state index contributed by atoms with van der Waals surface area (Å²) >= 11 is 5.13. The van der Waals surface area contributed by atoms with Gasteiger partial charge in [0, 0.05) is 17.8 Å². The SMILES string of the molecule is CCN(Cc1cccs1)C(=O)CCCOc1ccccc1Br. The number of amides is 1. The lowest BCUT2D eigenvalue weighted by Crippen LogP contribution is -2.30. The third-order valence-electron chi connectivity index (χ3n) is 3.29. The van der Waals surface area contributed by atoms with Crippen LogP contribution in [0.15, 0.2) is 46.3 Å². The van der Waals surface area contributed by atoms with Crippen LogP contribution < -0.4 is 4.74 Å². The van der Waals surface area contributed by atoms with Crippen LogP contribution in [-0.2, 0) is 11.3 Å². The molecule has 3 nitrogen and oxygen atoms in total. The standard InChI is InChI=1S/C17H20BrNO2S/c1-2-19(13-14-7-6-12-22-14)17(20)10-5-11-21-16-9-4-3-8-15(16)18/h3-4,6-9,12H,2,5,10-11,13H2,1H3. The molecule has 0 unspecified atom stereocenters. The predicted octanol–water partition coefficient (Wildman–Crippen LogP) is 4.72. The molecule has 0 aliphatic heterocycles. The Bertz CT molecular complexity index is 586. The van der Waals surface area contributed by atoms with Gasteiger partial charge >= 0.3 is 0 Å². The molecule has 1 amide bonds. The van der Waals surface area contributed by atoms with E-state index in [1.54, 1.807) is 11.3 Å². The van der Waals surface area contributed by atoms with E-state index in [-0.39, 0.29) is 5.91 Å². The second-order valence-electron chi connectivity index (χ2n) is 4.87. The highest BCUT2D eigenvalue weighted by Gasteiger charge is 2.12. The third-order valence-corrected chi connectivity index (χ3v) is 4.81. The lowest BCUT2D eigenvalue weighted by molar-refractivity contribution is -0.131. The number of benzene rings is 1. The number of hydrogen-bond donors (Lipinski definition) is 0. The largest absolute Gasteiger partial charge is 0.492 e. The molecule has 0 saturated heterocycles. The van der Waals surface area contributed by atoms with Crippen LogP contribution in [0.5, 0.6) is 5.75 Å². The Hall–Kier alpha value is -1.33. The summed E-state index contributed by atoms with van der Waals surface area (Å²) in [6.45, 7) is 4.01. The Morgan fingerprint density at radius 3 is 2.77 bits per heavy atom. The molecule has 0 atom stereocenters. The first-order valence-electron chi connectivity index (χ1n) is 7.38. The molecular weight excluding hydrogens is 362 g/mol. The fraction of sp³-hybridized carbons (Fsp3) is 0.353. The number of para-hydroxylation sites is 1. The van der Waals surface area contributed by atoms with E-state index in [2.05, 4.69) is 22.0 Å². The lowest BCUT2D eigenvalue weighted by Gasteiger charge is -2.20. The maximum absolute atomic E-state index is 12.2. The number of carbonyl (C=O) groups excluding carboxylic acids is 1. The number of ether oxygens (including phenoxy) is 1. The summed E-state index contributed by atoms with van der Waals surface area (Å²) in [5.74, 6) is 1.01. The van der Waals surface area contributed by atoms with Crippen molar-refractivity contribution in [2.45, 2.75) is 26.3 Å². The minimum Gasteiger partial charge on any atom is -0.492 e. The summed E-state index contributed by atoms with van der Waals surface area (Å²) in [6.07, 6.45) is 1.24. The highest BCUT2D eigenvalue weighted by atomic mass is 79.9. The predicted molar refractivity (Wildman–Crippen MR) is 94.3 cm³/mol. The highest BCUT2D eigenvalue weighted by molar-refractivity contribution is 9.10. The first-order chi connectivity index (χ1) is 10.7. The number of carbonyl (C=O) groups is 1. The van der Waals surface area contributed by atoms with E-state index in [1.807, 2.05) is 47.5 Å². The van der Waals surface area contributed by atoms with Gasteiger partial charge < -0.3 is 9.64 Å². The van der Waals surface area contributed by atoms with E-state index in [1.165, 1.54) is 4.88 Å². The molecule has 0 aliphatic carbocycles. The van der Waals surface area contributed by atoms with Gasteiger partial charge in [-0.1, -0.05) is 18.2 Å². The van der Waals surface area contributed by atoms with E-state index >= 15 is 0 Å². The molecule has 0 aliphatic rings. The van der Waals surface area contributed by atoms with Crippen molar-refractivity contribution in [3.05, 3.63) is 51.1 Å². The van der Waals surface area contributed by atoms with Gasteiger partial charge in [-0.3, -0.25) is 4.79 Å². The zero-order chi connectivity index (χ0) is 15.8. The van der Waals surface area contributed by atoms with Gasteiger partial charge in [-0.15, -0.1) is 11.3 Å². The van der Waals surface area contributed by atoms with Gasteiger partial charge in [0.1, 0.15) is 5.75 Å². The molecule has 1 heterocycles. The first kappa shape index (κ1) is 17.0. The second-order valence-corrected chi connectivity index (χ2v) is 6.76. The Balaban J connectivity index is 1.73. The van der Waals surface area contributed by atoms with Crippen molar-refractivity contribution >= 4 is 33.2 Å². The van der Waals surface area contributed by atoms with Crippen LogP contribution in [0.2, 0.25) is 0 Å². The number of nitrogens with zero attached hydrogens (tertiary/aromatic N) is 1. The molecule has 22 heavy (non-hydrogen) atoms. The van der Waals surface area contributed by atoms with Crippen molar-refractivity contribution in [3.63, 3.8) is 0 Å². The number of rotatable bonds is 8. The molecule has 0 N–H and O–H groups in total. The summed E-state index contributed by atoms with van der Waals surface area (Å²) in [4.78, 5) is 15.4. The highest BCUT2D eigenvalue weighted by Crippen LogP contribution is 2.23. The van der Waals surface area contributed by atoms with Gasteiger partial charge in [0.25, 0.3) is 0 Å². The van der Waals surface area contributed by atoms with E-state index < -0.39 is 0 Å². The maximum atomic E-state index is 12.2. The molecule has 1 aromatic heterocycles. The second kappa shape index (κ2) is 8.96. The fourth-order valence-electron chi connectivity index (χ4n) is 2.09. The molecule has 0 saturated carbocycles. The summed E-state index contributed by atoms with van der Waals surface area (Å²) in [5, 5.41) is 2.04. The van der Waals surface area contributed by atoms with Crippen molar-refractivity contribution in [1.82, 2.24) is 4.90 Å². The Morgan fingerprint density at radius 2 is 2.09 bits per heavy atom. The van der Waals surface area contributed by atoms with Crippen molar-refractivity contribution in [2.75, 3.05) is 13.2 Å². The Labute approximate surface area is 144 Å². The summed E-state index contributed by atoms with van der Waals surface area (Å²) < 4.78 is 6.63. The van der Waals surface area contributed by atoms with E-state index in [9.17, 15) is 4.79 Å². The van der Waals surface area contributed by atoms with Gasteiger partial charge in [-0.25, -0.2) is 0 Å². The van der Waals surface area contributed by atoms with Crippen LogP contribution in [0.25, 0.3) is 0 Å². The summed E-state index contributed by atoms with van der Waals surface area (Å²) in [5.41, 5.74) is 0. The molecule has 0 bridgehead atoms. The van der Waals surface area contributed by atoms with Crippen LogP contribution >= 0.6 is 27.3 Å². The number of halogens is 1. The van der Waals surface area contributed by atoms with Gasteiger partial charge in [-0.05, 0) is 52.9 Å². The van der Waals surface area contributed by atoms with Crippen molar-refractivity contribution in [2.24, 2.45) is 0 Å².